The molecule has 0 saturated heterocycles. The topological polar surface area (TPSA) is 66.4 Å². The highest BCUT2D eigenvalue weighted by Crippen LogP contribution is 2.39. The van der Waals surface area contributed by atoms with Crippen LogP contribution in [0.5, 0.6) is 0 Å². The molecule has 0 bridgehead atoms. The van der Waals surface area contributed by atoms with Crippen LogP contribution in [0.1, 0.15) is 24.9 Å². The Labute approximate surface area is 104 Å². The van der Waals surface area contributed by atoms with E-state index in [0.717, 1.165) is 5.56 Å². The maximum absolute atomic E-state index is 12.7. The largest absolute Gasteiger partial charge is 0.481 e. The van der Waals surface area contributed by atoms with Crippen molar-refractivity contribution in [1.82, 2.24) is 5.32 Å². The predicted octanol–water partition coefficient (Wildman–Crippen LogP) is 1.72. The maximum Gasteiger partial charge on any atom is 0.307 e. The molecule has 4 nitrogen and oxygen atoms in total. The van der Waals surface area contributed by atoms with E-state index in [2.05, 4.69) is 5.32 Å². The van der Waals surface area contributed by atoms with Crippen molar-refractivity contribution in [2.75, 3.05) is 0 Å². The van der Waals surface area contributed by atoms with Crippen molar-refractivity contribution < 1.29 is 19.1 Å². The van der Waals surface area contributed by atoms with Crippen LogP contribution in [-0.4, -0.2) is 17.0 Å². The Bertz CT molecular complexity index is 472. The van der Waals surface area contributed by atoms with Crippen LogP contribution >= 0.6 is 0 Å². The summed E-state index contributed by atoms with van der Waals surface area (Å²) in [5.74, 6) is -2.48. The van der Waals surface area contributed by atoms with Gasteiger partial charge in [-0.05, 0) is 31.0 Å². The lowest BCUT2D eigenvalue weighted by molar-refractivity contribution is -0.140. The molecule has 1 amide bonds. The first-order valence-electron chi connectivity index (χ1n) is 5.77. The number of rotatable bonds is 4. The van der Waals surface area contributed by atoms with Gasteiger partial charge in [-0.1, -0.05) is 12.1 Å². The zero-order valence-corrected chi connectivity index (χ0v) is 9.89. The highest BCUT2D eigenvalue weighted by Gasteiger charge is 2.48. The van der Waals surface area contributed by atoms with E-state index >= 15 is 0 Å². The summed E-state index contributed by atoms with van der Waals surface area (Å²) >= 11 is 0. The smallest absolute Gasteiger partial charge is 0.307 e. The fraction of sp³-hybridized carbons (Fsp3) is 0.385. The third kappa shape index (κ3) is 2.67. The molecule has 1 aliphatic carbocycles. The van der Waals surface area contributed by atoms with Gasteiger partial charge >= 0.3 is 5.97 Å². The molecule has 0 spiro atoms. The Morgan fingerprint density at radius 1 is 1.33 bits per heavy atom. The van der Waals surface area contributed by atoms with E-state index in [9.17, 15) is 14.0 Å². The highest BCUT2D eigenvalue weighted by molar-refractivity contribution is 5.89. The van der Waals surface area contributed by atoms with Crippen molar-refractivity contribution in [2.24, 2.45) is 11.8 Å². The molecule has 2 N–H and O–H groups in total. The molecule has 3 atom stereocenters. The zero-order chi connectivity index (χ0) is 13.3. The number of nitrogens with one attached hydrogen (secondary N) is 1. The maximum atomic E-state index is 12.7. The van der Waals surface area contributed by atoms with Crippen LogP contribution in [0, 0.1) is 17.7 Å². The number of hydrogen-bond donors (Lipinski definition) is 2. The Kier molecular flexibility index (Phi) is 3.32. The van der Waals surface area contributed by atoms with Gasteiger partial charge < -0.3 is 10.4 Å². The Balaban J connectivity index is 1.92. The second-order valence-corrected chi connectivity index (χ2v) is 4.57. The number of benzene rings is 1. The molecule has 0 aromatic heterocycles. The minimum atomic E-state index is -0.926. The number of aliphatic carboxylic acids is 1. The molecular formula is C13H14FNO3. The summed E-state index contributed by atoms with van der Waals surface area (Å²) in [6.45, 7) is 1.78. The third-order valence-electron chi connectivity index (χ3n) is 3.17. The van der Waals surface area contributed by atoms with Crippen molar-refractivity contribution in [2.45, 2.75) is 19.4 Å². The standard InChI is InChI=1S/C13H14FNO3/c1-7(8-2-4-9(14)5-3-8)15-12(16)10-6-11(10)13(17)18/h2-5,7,10-11H,6H2,1H3,(H,15,16)(H,17,18)/t7?,10-,11+/m1/s1. The highest BCUT2D eigenvalue weighted by atomic mass is 19.1. The van der Waals surface area contributed by atoms with E-state index in [-0.39, 0.29) is 17.8 Å². The predicted molar refractivity (Wildman–Crippen MR) is 62.2 cm³/mol. The molecule has 1 fully saturated rings. The van der Waals surface area contributed by atoms with E-state index in [1.165, 1.54) is 12.1 Å². The molecule has 1 aromatic rings. The van der Waals surface area contributed by atoms with E-state index < -0.39 is 17.8 Å². The van der Waals surface area contributed by atoms with Crippen LogP contribution in [0.15, 0.2) is 24.3 Å². The van der Waals surface area contributed by atoms with Crippen LogP contribution in [0.3, 0.4) is 0 Å². The van der Waals surface area contributed by atoms with Crippen molar-refractivity contribution >= 4 is 11.9 Å². The van der Waals surface area contributed by atoms with Crippen LogP contribution in [0.25, 0.3) is 0 Å². The van der Waals surface area contributed by atoms with Gasteiger partial charge in [-0.15, -0.1) is 0 Å². The Morgan fingerprint density at radius 2 is 1.94 bits per heavy atom. The molecule has 0 heterocycles. The normalized spacial score (nSPS) is 23.2. The monoisotopic (exact) mass is 251 g/mol. The molecule has 1 unspecified atom stereocenters. The molecule has 0 radical (unpaired) electrons. The average Bonchev–Trinajstić information content (AvgIpc) is 3.09. The molecule has 1 saturated carbocycles. The molecule has 5 heteroatoms. The Morgan fingerprint density at radius 3 is 2.44 bits per heavy atom. The summed E-state index contributed by atoms with van der Waals surface area (Å²) < 4.78 is 12.7. The Hall–Kier alpha value is -1.91. The first kappa shape index (κ1) is 12.5. The first-order chi connectivity index (χ1) is 8.49. The quantitative estimate of drug-likeness (QED) is 0.856. The number of amides is 1. The SMILES string of the molecule is CC(NC(=O)[C@@H]1C[C@@H]1C(=O)O)c1ccc(F)cc1. The lowest BCUT2D eigenvalue weighted by Crippen LogP contribution is -2.29. The van der Waals surface area contributed by atoms with E-state index in [4.69, 9.17) is 5.11 Å². The summed E-state index contributed by atoms with van der Waals surface area (Å²) in [4.78, 5) is 22.4. The molecule has 18 heavy (non-hydrogen) atoms. The van der Waals surface area contributed by atoms with Crippen molar-refractivity contribution in [3.63, 3.8) is 0 Å². The van der Waals surface area contributed by atoms with Gasteiger partial charge in [-0.2, -0.15) is 0 Å². The number of carbonyl (C=O) groups excluding carboxylic acids is 1. The van der Waals surface area contributed by atoms with Crippen LogP contribution in [0.2, 0.25) is 0 Å². The lowest BCUT2D eigenvalue weighted by Gasteiger charge is -2.14. The van der Waals surface area contributed by atoms with E-state index in [0.29, 0.717) is 6.42 Å². The van der Waals surface area contributed by atoms with Crippen molar-refractivity contribution in [1.29, 1.82) is 0 Å². The fourth-order valence-corrected chi connectivity index (χ4v) is 1.91. The molecule has 2 rings (SSSR count). The van der Waals surface area contributed by atoms with Gasteiger partial charge in [0, 0.05) is 0 Å². The van der Waals surface area contributed by atoms with Gasteiger partial charge in [0.05, 0.1) is 17.9 Å². The number of hydrogen-bond acceptors (Lipinski definition) is 2. The van der Waals surface area contributed by atoms with Gasteiger partial charge in [-0.3, -0.25) is 9.59 Å². The van der Waals surface area contributed by atoms with E-state index in [1.54, 1.807) is 19.1 Å². The molecule has 96 valence electrons. The fourth-order valence-electron chi connectivity index (χ4n) is 1.91. The average molecular weight is 251 g/mol. The second-order valence-electron chi connectivity index (χ2n) is 4.57. The van der Waals surface area contributed by atoms with Gasteiger partial charge in [0.25, 0.3) is 0 Å². The van der Waals surface area contributed by atoms with Crippen molar-refractivity contribution in [3.05, 3.63) is 35.6 Å². The van der Waals surface area contributed by atoms with Gasteiger partial charge in [0.2, 0.25) is 5.91 Å². The summed E-state index contributed by atoms with van der Waals surface area (Å²) in [5.41, 5.74) is 0.789. The summed E-state index contributed by atoms with van der Waals surface area (Å²) in [6, 6.07) is 5.60. The molecule has 1 aliphatic rings. The minimum absolute atomic E-state index is 0.251. The van der Waals surface area contributed by atoms with Crippen molar-refractivity contribution in [3.8, 4) is 0 Å². The molecular weight excluding hydrogens is 237 g/mol. The number of halogens is 1. The van der Waals surface area contributed by atoms with Gasteiger partial charge in [0.1, 0.15) is 5.82 Å². The third-order valence-corrected chi connectivity index (χ3v) is 3.17. The van der Waals surface area contributed by atoms with Crippen LogP contribution < -0.4 is 5.32 Å². The minimum Gasteiger partial charge on any atom is -0.481 e. The lowest BCUT2D eigenvalue weighted by atomic mass is 10.1. The van der Waals surface area contributed by atoms with Gasteiger partial charge in [-0.25, -0.2) is 4.39 Å². The summed E-state index contributed by atoms with van der Waals surface area (Å²) in [6.07, 6.45) is 0.400. The summed E-state index contributed by atoms with van der Waals surface area (Å²) in [7, 11) is 0. The van der Waals surface area contributed by atoms with E-state index in [1.807, 2.05) is 0 Å². The first-order valence-corrected chi connectivity index (χ1v) is 5.77. The molecule has 1 aromatic carbocycles. The molecule has 0 aliphatic heterocycles. The number of carboxylic acids is 1. The van der Waals surface area contributed by atoms with Crippen LogP contribution in [0.4, 0.5) is 4.39 Å². The van der Waals surface area contributed by atoms with Crippen LogP contribution in [-0.2, 0) is 9.59 Å². The second kappa shape index (κ2) is 4.76. The zero-order valence-electron chi connectivity index (χ0n) is 9.89. The van der Waals surface area contributed by atoms with Gasteiger partial charge in [0.15, 0.2) is 0 Å². The number of carbonyl (C=O) groups is 2. The summed E-state index contributed by atoms with van der Waals surface area (Å²) in [5, 5.41) is 11.5. The number of carboxylic acid groups (broad SMARTS) is 1.